The van der Waals surface area contributed by atoms with E-state index in [9.17, 15) is 4.79 Å². The summed E-state index contributed by atoms with van der Waals surface area (Å²) < 4.78 is 0. The highest BCUT2D eigenvalue weighted by molar-refractivity contribution is 5.99. The van der Waals surface area contributed by atoms with Crippen LogP contribution in [0.2, 0.25) is 0 Å². The molecule has 4 heteroatoms. The van der Waals surface area contributed by atoms with Crippen LogP contribution < -0.4 is 0 Å². The predicted molar refractivity (Wildman–Crippen MR) is 74.7 cm³/mol. The summed E-state index contributed by atoms with van der Waals surface area (Å²) in [6.45, 7) is 0. The minimum atomic E-state index is -0.0937. The van der Waals surface area contributed by atoms with Crippen LogP contribution in [0.1, 0.15) is 10.4 Å². The number of rotatable bonds is 1. The zero-order valence-electron chi connectivity index (χ0n) is 10.1. The Balaban J connectivity index is 1.97. The van der Waals surface area contributed by atoms with Gasteiger partial charge in [-0.05, 0) is 30.3 Å². The number of aromatic nitrogens is 1. The number of fused-ring (bicyclic) bond motifs is 1. The minimum Gasteiger partial charge on any atom is -0.289 e. The SMILES string of the molecule is O=C(c1ccc2ncccc2c1)N1C=CC=NC=C1. The van der Waals surface area contributed by atoms with Crippen LogP contribution in [0.25, 0.3) is 10.9 Å². The molecule has 0 fully saturated rings. The summed E-state index contributed by atoms with van der Waals surface area (Å²) in [5.41, 5.74) is 1.50. The van der Waals surface area contributed by atoms with Crippen molar-refractivity contribution in [3.63, 3.8) is 0 Å². The second-order valence-corrected chi connectivity index (χ2v) is 4.06. The zero-order chi connectivity index (χ0) is 13.1. The summed E-state index contributed by atoms with van der Waals surface area (Å²) in [6.07, 6.45) is 10.00. The number of allylic oxidation sites excluding steroid dienone is 1. The van der Waals surface area contributed by atoms with E-state index in [1.807, 2.05) is 24.3 Å². The van der Waals surface area contributed by atoms with Gasteiger partial charge in [0.05, 0.1) is 5.52 Å². The van der Waals surface area contributed by atoms with Crippen molar-refractivity contribution in [3.8, 4) is 0 Å². The van der Waals surface area contributed by atoms with Gasteiger partial charge in [0.1, 0.15) is 0 Å². The average molecular weight is 249 g/mol. The zero-order valence-corrected chi connectivity index (χ0v) is 10.1. The fourth-order valence-corrected chi connectivity index (χ4v) is 1.88. The van der Waals surface area contributed by atoms with Crippen LogP contribution >= 0.6 is 0 Å². The van der Waals surface area contributed by atoms with E-state index < -0.39 is 0 Å². The summed E-state index contributed by atoms with van der Waals surface area (Å²) in [5, 5.41) is 0.951. The van der Waals surface area contributed by atoms with Crippen LogP contribution in [0.15, 0.2) is 66.2 Å². The number of carbonyl (C=O) groups is 1. The van der Waals surface area contributed by atoms with Crippen LogP contribution in [-0.4, -0.2) is 22.0 Å². The lowest BCUT2D eigenvalue weighted by Gasteiger charge is -2.12. The lowest BCUT2D eigenvalue weighted by atomic mass is 10.1. The number of nitrogens with zero attached hydrogens (tertiary/aromatic N) is 3. The quantitative estimate of drug-likeness (QED) is 0.780. The van der Waals surface area contributed by atoms with Gasteiger partial charge in [-0.3, -0.25) is 19.7 Å². The average Bonchev–Trinajstić information content (AvgIpc) is 2.75. The summed E-state index contributed by atoms with van der Waals surface area (Å²) in [6, 6.07) is 9.28. The van der Waals surface area contributed by atoms with E-state index in [2.05, 4.69) is 9.98 Å². The summed E-state index contributed by atoms with van der Waals surface area (Å²) in [7, 11) is 0. The van der Waals surface area contributed by atoms with E-state index in [0.29, 0.717) is 5.56 Å². The molecule has 0 saturated carbocycles. The van der Waals surface area contributed by atoms with Crippen LogP contribution in [0.3, 0.4) is 0 Å². The predicted octanol–water partition coefficient (Wildman–Crippen LogP) is 2.75. The molecule has 2 heterocycles. The van der Waals surface area contributed by atoms with Crippen molar-refractivity contribution in [3.05, 3.63) is 66.8 Å². The maximum atomic E-state index is 12.3. The van der Waals surface area contributed by atoms with Crippen LogP contribution in [0, 0.1) is 0 Å². The van der Waals surface area contributed by atoms with Gasteiger partial charge in [0.2, 0.25) is 0 Å². The second-order valence-electron chi connectivity index (χ2n) is 4.06. The first-order valence-corrected chi connectivity index (χ1v) is 5.89. The van der Waals surface area contributed by atoms with Crippen molar-refractivity contribution >= 4 is 23.0 Å². The lowest BCUT2D eigenvalue weighted by molar-refractivity contribution is 0.0869. The number of aliphatic imine (C=N–C) groups is 1. The van der Waals surface area contributed by atoms with Crippen molar-refractivity contribution in [2.24, 2.45) is 4.99 Å². The van der Waals surface area contributed by atoms with Crippen molar-refractivity contribution in [1.82, 2.24) is 9.88 Å². The Hall–Kier alpha value is -2.75. The van der Waals surface area contributed by atoms with Crippen molar-refractivity contribution in [1.29, 1.82) is 0 Å². The maximum Gasteiger partial charge on any atom is 0.261 e. The number of pyridine rings is 1. The van der Waals surface area contributed by atoms with E-state index >= 15 is 0 Å². The van der Waals surface area contributed by atoms with E-state index in [1.54, 1.807) is 43.2 Å². The van der Waals surface area contributed by atoms with Crippen LogP contribution in [0.5, 0.6) is 0 Å². The number of benzene rings is 1. The molecule has 0 spiro atoms. The highest BCUT2D eigenvalue weighted by Gasteiger charge is 2.12. The Kier molecular flexibility index (Phi) is 2.90. The molecule has 0 bridgehead atoms. The molecule has 19 heavy (non-hydrogen) atoms. The van der Waals surface area contributed by atoms with Gasteiger partial charge in [-0.25, -0.2) is 0 Å². The third kappa shape index (κ3) is 2.28. The number of hydrogen-bond acceptors (Lipinski definition) is 3. The summed E-state index contributed by atoms with van der Waals surface area (Å²) >= 11 is 0. The van der Waals surface area contributed by atoms with Gasteiger partial charge in [0.25, 0.3) is 5.91 Å². The highest BCUT2D eigenvalue weighted by atomic mass is 16.2. The molecule has 0 saturated heterocycles. The second kappa shape index (κ2) is 4.86. The van der Waals surface area contributed by atoms with Gasteiger partial charge in [-0.1, -0.05) is 6.07 Å². The fourth-order valence-electron chi connectivity index (χ4n) is 1.88. The van der Waals surface area contributed by atoms with E-state index in [-0.39, 0.29) is 5.91 Å². The monoisotopic (exact) mass is 249 g/mol. The highest BCUT2D eigenvalue weighted by Crippen LogP contribution is 2.15. The molecule has 0 aliphatic carbocycles. The molecule has 3 rings (SSSR count). The Labute approximate surface area is 110 Å². The largest absolute Gasteiger partial charge is 0.289 e. The first kappa shape index (κ1) is 11.3. The third-order valence-corrected chi connectivity index (χ3v) is 2.82. The van der Waals surface area contributed by atoms with Crippen molar-refractivity contribution < 1.29 is 4.79 Å². The first-order chi connectivity index (χ1) is 9.34. The number of hydrogen-bond donors (Lipinski definition) is 0. The van der Waals surface area contributed by atoms with Gasteiger partial charge >= 0.3 is 0 Å². The van der Waals surface area contributed by atoms with E-state index in [0.717, 1.165) is 10.9 Å². The number of carbonyl (C=O) groups excluding carboxylic acids is 1. The topological polar surface area (TPSA) is 45.6 Å². The molecule has 0 N–H and O–H groups in total. The molecular weight excluding hydrogens is 238 g/mol. The standard InChI is InChI=1S/C15H11N3O/c19-15(18-9-2-6-16-8-10-18)13-4-5-14-12(11-13)3-1-7-17-14/h1-11H. The number of amides is 1. The lowest BCUT2D eigenvalue weighted by Crippen LogP contribution is -2.19. The van der Waals surface area contributed by atoms with Crippen molar-refractivity contribution in [2.45, 2.75) is 0 Å². The van der Waals surface area contributed by atoms with E-state index in [4.69, 9.17) is 0 Å². The Bertz CT molecular complexity index is 700. The molecule has 4 nitrogen and oxygen atoms in total. The van der Waals surface area contributed by atoms with Crippen LogP contribution in [-0.2, 0) is 0 Å². The van der Waals surface area contributed by atoms with Gasteiger partial charge in [-0.15, -0.1) is 0 Å². The molecule has 1 aromatic heterocycles. The molecule has 92 valence electrons. The molecule has 1 aromatic carbocycles. The van der Waals surface area contributed by atoms with Gasteiger partial charge in [-0.2, -0.15) is 0 Å². The molecule has 1 aliphatic rings. The maximum absolute atomic E-state index is 12.3. The fraction of sp³-hybridized carbons (Fsp3) is 0. The molecule has 0 unspecified atom stereocenters. The molecule has 1 aliphatic heterocycles. The normalized spacial score (nSPS) is 13.8. The molecule has 2 aromatic rings. The smallest absolute Gasteiger partial charge is 0.261 e. The Morgan fingerprint density at radius 1 is 1.16 bits per heavy atom. The Morgan fingerprint density at radius 2 is 2.11 bits per heavy atom. The third-order valence-electron chi connectivity index (χ3n) is 2.82. The van der Waals surface area contributed by atoms with E-state index in [1.165, 1.54) is 4.90 Å². The summed E-state index contributed by atoms with van der Waals surface area (Å²) in [5.74, 6) is -0.0937. The first-order valence-electron chi connectivity index (χ1n) is 5.89. The van der Waals surface area contributed by atoms with Crippen LogP contribution in [0.4, 0.5) is 0 Å². The van der Waals surface area contributed by atoms with Gasteiger partial charge < -0.3 is 0 Å². The Morgan fingerprint density at radius 3 is 3.05 bits per heavy atom. The molecule has 1 amide bonds. The van der Waals surface area contributed by atoms with Gasteiger partial charge in [0.15, 0.2) is 0 Å². The van der Waals surface area contributed by atoms with Gasteiger partial charge in [0, 0.05) is 42.0 Å². The minimum absolute atomic E-state index is 0.0937. The molecule has 0 atom stereocenters. The van der Waals surface area contributed by atoms with Crippen molar-refractivity contribution in [2.75, 3.05) is 0 Å². The summed E-state index contributed by atoms with van der Waals surface area (Å²) in [4.78, 5) is 22.0. The molecular formula is C15H11N3O. The molecule has 0 radical (unpaired) electrons.